The van der Waals surface area contributed by atoms with Gasteiger partial charge in [-0.15, -0.1) is 0 Å². The van der Waals surface area contributed by atoms with Gasteiger partial charge in [-0.1, -0.05) is 146 Å². The Bertz CT molecular complexity index is 3080. The summed E-state index contributed by atoms with van der Waals surface area (Å²) in [7, 11) is 0. The number of nitrogens with one attached hydrogen (secondary N) is 2. The highest BCUT2D eigenvalue weighted by molar-refractivity contribution is 6.24. The summed E-state index contributed by atoms with van der Waals surface area (Å²) >= 11 is 0. The molecule has 0 radical (unpaired) electrons. The fraction of sp³-hybridized carbons (Fsp3) is 0.0385. The van der Waals surface area contributed by atoms with Crippen molar-refractivity contribution in [1.29, 1.82) is 0 Å². The molecule has 254 valence electrons. The van der Waals surface area contributed by atoms with E-state index in [1.165, 1.54) is 110 Å². The lowest BCUT2D eigenvalue weighted by atomic mass is 9.82. The highest BCUT2D eigenvalue weighted by Crippen LogP contribution is 2.48. The average Bonchev–Trinajstić information content (AvgIpc) is 3.79. The number of aryl methyl sites for hydroxylation is 2. The van der Waals surface area contributed by atoms with E-state index in [1.807, 2.05) is 0 Å². The minimum absolute atomic E-state index is 1.16. The number of rotatable bonds is 4. The molecule has 0 atom stereocenters. The highest BCUT2D eigenvalue weighted by atomic mass is 14.7. The molecule has 0 saturated carbocycles. The Morgan fingerprint density at radius 2 is 0.685 bits per heavy atom. The minimum Gasteiger partial charge on any atom is -0.354 e. The Balaban J connectivity index is 1.26. The number of benzene rings is 9. The van der Waals surface area contributed by atoms with Gasteiger partial charge in [-0.25, -0.2) is 0 Å². The topological polar surface area (TPSA) is 31.6 Å². The molecule has 2 N–H and O–H groups in total. The van der Waals surface area contributed by atoms with Crippen LogP contribution in [0.4, 0.5) is 0 Å². The van der Waals surface area contributed by atoms with E-state index >= 15 is 0 Å². The maximum absolute atomic E-state index is 3.76. The summed E-state index contributed by atoms with van der Waals surface area (Å²) in [6, 6.07) is 62.6. The van der Waals surface area contributed by atoms with Crippen LogP contribution in [0.5, 0.6) is 0 Å². The van der Waals surface area contributed by atoms with Crippen molar-refractivity contribution < 1.29 is 0 Å². The Hall–Kier alpha value is -6.90. The van der Waals surface area contributed by atoms with Crippen LogP contribution in [0.3, 0.4) is 0 Å². The van der Waals surface area contributed by atoms with Gasteiger partial charge in [0.1, 0.15) is 0 Å². The Labute approximate surface area is 313 Å². The molecule has 11 aromatic rings. The van der Waals surface area contributed by atoms with Gasteiger partial charge in [0.2, 0.25) is 0 Å². The van der Waals surface area contributed by atoms with Gasteiger partial charge >= 0.3 is 0 Å². The van der Waals surface area contributed by atoms with E-state index in [0.717, 1.165) is 11.0 Å². The van der Waals surface area contributed by atoms with Crippen molar-refractivity contribution in [1.82, 2.24) is 9.97 Å². The molecule has 0 aliphatic carbocycles. The molecular weight excluding hydrogens is 653 g/mol. The van der Waals surface area contributed by atoms with Crippen LogP contribution in [0.1, 0.15) is 11.1 Å². The molecule has 0 spiro atoms. The zero-order valence-electron chi connectivity index (χ0n) is 30.2. The Morgan fingerprint density at radius 3 is 1.15 bits per heavy atom. The van der Waals surface area contributed by atoms with Gasteiger partial charge in [-0.3, -0.25) is 0 Å². The summed E-state index contributed by atoms with van der Waals surface area (Å²) in [5, 5.41) is 10.0. The third kappa shape index (κ3) is 4.53. The van der Waals surface area contributed by atoms with Crippen LogP contribution in [-0.4, -0.2) is 9.97 Å². The van der Waals surface area contributed by atoms with Crippen molar-refractivity contribution >= 4 is 65.2 Å². The monoisotopic (exact) mass is 688 g/mol. The number of H-pyrrole nitrogens is 2. The molecule has 2 heterocycles. The molecule has 9 aromatic carbocycles. The molecule has 0 aliphatic heterocycles. The van der Waals surface area contributed by atoms with Crippen molar-refractivity contribution in [3.8, 4) is 44.5 Å². The first-order valence-electron chi connectivity index (χ1n) is 18.8. The molecule has 0 unspecified atom stereocenters. The average molecular weight is 689 g/mol. The van der Waals surface area contributed by atoms with E-state index in [0.29, 0.717) is 0 Å². The van der Waals surface area contributed by atoms with Gasteiger partial charge in [0, 0.05) is 43.7 Å². The van der Waals surface area contributed by atoms with Crippen molar-refractivity contribution in [2.45, 2.75) is 13.8 Å². The van der Waals surface area contributed by atoms with E-state index in [2.05, 4.69) is 194 Å². The van der Waals surface area contributed by atoms with Crippen molar-refractivity contribution in [2.75, 3.05) is 0 Å². The van der Waals surface area contributed by atoms with E-state index in [-0.39, 0.29) is 0 Å². The first kappa shape index (κ1) is 30.7. The highest BCUT2D eigenvalue weighted by Gasteiger charge is 2.21. The SMILES string of the molecule is Cc1ccccc1-c1c2ccc(-c3cccc4c3[nH]c3ccccc34)cc2c(-c2ccccc2C)c2ccc(-c3cccc4c3[nH]c3ccccc34)cc12. The van der Waals surface area contributed by atoms with Gasteiger partial charge in [-0.05, 0) is 104 Å². The van der Waals surface area contributed by atoms with Gasteiger partial charge < -0.3 is 9.97 Å². The Morgan fingerprint density at radius 1 is 0.296 bits per heavy atom. The number of hydrogen-bond donors (Lipinski definition) is 2. The van der Waals surface area contributed by atoms with Crippen LogP contribution >= 0.6 is 0 Å². The van der Waals surface area contributed by atoms with Gasteiger partial charge in [0.15, 0.2) is 0 Å². The quantitative estimate of drug-likeness (QED) is 0.173. The summed E-state index contributed by atoms with van der Waals surface area (Å²) in [6.07, 6.45) is 0. The molecule has 2 aromatic heterocycles. The largest absolute Gasteiger partial charge is 0.354 e. The molecular formula is C52H36N2. The third-order valence-corrected chi connectivity index (χ3v) is 11.7. The fourth-order valence-corrected chi connectivity index (χ4v) is 9.08. The number of aromatic amines is 2. The second-order valence-electron chi connectivity index (χ2n) is 14.7. The number of fused-ring (bicyclic) bond motifs is 8. The number of hydrogen-bond acceptors (Lipinski definition) is 0. The molecule has 2 nitrogen and oxygen atoms in total. The van der Waals surface area contributed by atoms with E-state index in [1.54, 1.807) is 0 Å². The summed E-state index contributed by atoms with van der Waals surface area (Å²) in [5.74, 6) is 0. The van der Waals surface area contributed by atoms with Crippen LogP contribution < -0.4 is 0 Å². The lowest BCUT2D eigenvalue weighted by Gasteiger charge is -2.21. The first-order valence-corrected chi connectivity index (χ1v) is 18.8. The predicted octanol–water partition coefficient (Wildman–Crippen LogP) is 14.5. The van der Waals surface area contributed by atoms with Crippen LogP contribution in [0.15, 0.2) is 170 Å². The van der Waals surface area contributed by atoms with E-state index in [4.69, 9.17) is 0 Å². The third-order valence-electron chi connectivity index (χ3n) is 11.7. The normalized spacial score (nSPS) is 11.9. The molecule has 54 heavy (non-hydrogen) atoms. The molecule has 11 rings (SSSR count). The summed E-state index contributed by atoms with van der Waals surface area (Å²) in [6.45, 7) is 4.48. The van der Waals surface area contributed by atoms with Crippen molar-refractivity contribution in [2.24, 2.45) is 0 Å². The van der Waals surface area contributed by atoms with Gasteiger partial charge in [0.25, 0.3) is 0 Å². The Kier molecular flexibility index (Phi) is 6.72. The second-order valence-corrected chi connectivity index (χ2v) is 14.7. The van der Waals surface area contributed by atoms with Gasteiger partial charge in [-0.2, -0.15) is 0 Å². The molecule has 0 fully saturated rings. The summed E-state index contributed by atoms with van der Waals surface area (Å²) in [5.41, 5.74) is 17.1. The molecule has 0 saturated heterocycles. The second kappa shape index (κ2) is 11.8. The van der Waals surface area contributed by atoms with Crippen LogP contribution in [0, 0.1) is 13.8 Å². The summed E-state index contributed by atoms with van der Waals surface area (Å²) < 4.78 is 0. The number of para-hydroxylation sites is 4. The van der Waals surface area contributed by atoms with Crippen molar-refractivity contribution in [3.63, 3.8) is 0 Å². The molecule has 2 heteroatoms. The maximum Gasteiger partial charge on any atom is 0.0544 e. The first-order chi connectivity index (χ1) is 26.6. The predicted molar refractivity (Wildman–Crippen MR) is 231 cm³/mol. The maximum atomic E-state index is 3.76. The van der Waals surface area contributed by atoms with Crippen LogP contribution in [-0.2, 0) is 0 Å². The van der Waals surface area contributed by atoms with Crippen LogP contribution in [0.25, 0.3) is 110 Å². The molecule has 0 aliphatic rings. The van der Waals surface area contributed by atoms with Crippen LogP contribution in [0.2, 0.25) is 0 Å². The van der Waals surface area contributed by atoms with E-state index < -0.39 is 0 Å². The van der Waals surface area contributed by atoms with E-state index in [9.17, 15) is 0 Å². The standard InChI is InChI=1S/C52H36N2/c1-31-13-3-5-15-35(31)49-41-27-25-34(38-20-12-22-44-40-18-8-10-24-48(40)54-52(38)44)30-46(41)50(36-16-6-4-14-32(36)2)42-28-26-33(29-45(42)49)37-19-11-21-43-39-17-7-9-23-47(39)53-51(37)43/h3-30,53-54H,1-2H3. The zero-order chi connectivity index (χ0) is 35.9. The molecule has 0 amide bonds. The summed E-state index contributed by atoms with van der Waals surface area (Å²) in [4.78, 5) is 7.53. The molecule has 0 bridgehead atoms. The smallest absolute Gasteiger partial charge is 0.0544 e. The minimum atomic E-state index is 1.16. The fourth-order valence-electron chi connectivity index (χ4n) is 9.08. The number of aromatic nitrogens is 2. The van der Waals surface area contributed by atoms with Crippen molar-refractivity contribution in [3.05, 3.63) is 181 Å². The van der Waals surface area contributed by atoms with Gasteiger partial charge in [0.05, 0.1) is 11.0 Å². The zero-order valence-corrected chi connectivity index (χ0v) is 30.2. The lowest BCUT2D eigenvalue weighted by Crippen LogP contribution is -1.95. The lowest BCUT2D eigenvalue weighted by molar-refractivity contribution is 1.46.